The van der Waals surface area contributed by atoms with Crippen molar-refractivity contribution in [3.8, 4) is 0 Å². The molecule has 0 fully saturated rings. The highest BCUT2D eigenvalue weighted by molar-refractivity contribution is 5.93. The number of Topliss-reactive ketones (excluding diaryl/α,β-unsaturated/α-hetero) is 2. The van der Waals surface area contributed by atoms with Gasteiger partial charge < -0.3 is 0 Å². The molecule has 0 aliphatic rings. The average Bonchev–Trinajstić information content (AvgIpc) is 2.56. The third-order valence-electron chi connectivity index (χ3n) is 4.15. The van der Waals surface area contributed by atoms with Crippen molar-refractivity contribution in [2.75, 3.05) is 0 Å². The lowest BCUT2D eigenvalue weighted by Crippen LogP contribution is -1.96. The maximum absolute atomic E-state index is 11.2. The summed E-state index contributed by atoms with van der Waals surface area (Å²) >= 11 is 0. The van der Waals surface area contributed by atoms with Gasteiger partial charge >= 0.3 is 0 Å². The first-order valence-corrected chi connectivity index (χ1v) is 10.3. The van der Waals surface area contributed by atoms with E-state index in [-0.39, 0.29) is 11.6 Å². The van der Waals surface area contributed by atoms with Crippen molar-refractivity contribution in [1.29, 1.82) is 0 Å². The first-order chi connectivity index (χ1) is 12.6. The summed E-state index contributed by atoms with van der Waals surface area (Å²) in [6.07, 6.45) is 13.1. The highest BCUT2D eigenvalue weighted by Crippen LogP contribution is 2.12. The zero-order chi connectivity index (χ0) is 21.2. The van der Waals surface area contributed by atoms with Gasteiger partial charge in [0, 0.05) is 0 Å². The van der Waals surface area contributed by atoms with Crippen LogP contribution in [0, 0.1) is 0 Å². The highest BCUT2D eigenvalue weighted by Gasteiger charge is 2.02. The second kappa shape index (κ2) is 17.7. The molecule has 0 aromatic rings. The largest absolute Gasteiger partial charge is 0.295 e. The molecule has 0 rings (SSSR count). The van der Waals surface area contributed by atoms with Crippen molar-refractivity contribution in [2.24, 2.45) is 0 Å². The lowest BCUT2D eigenvalue weighted by atomic mass is 10.0. The van der Waals surface area contributed by atoms with Crippen molar-refractivity contribution in [3.05, 3.63) is 47.6 Å². The van der Waals surface area contributed by atoms with Gasteiger partial charge in [-0.1, -0.05) is 50.0 Å². The van der Waals surface area contributed by atoms with Crippen LogP contribution in [0.4, 0.5) is 0 Å². The van der Waals surface area contributed by atoms with Gasteiger partial charge in [-0.2, -0.15) is 0 Å². The van der Waals surface area contributed by atoms with Gasteiger partial charge in [-0.05, 0) is 83.8 Å². The number of ketones is 2. The lowest BCUT2D eigenvalue weighted by molar-refractivity contribution is -0.114. The van der Waals surface area contributed by atoms with E-state index in [1.54, 1.807) is 13.8 Å². The summed E-state index contributed by atoms with van der Waals surface area (Å²) in [7, 11) is 0. The van der Waals surface area contributed by atoms with Crippen LogP contribution in [0.25, 0.3) is 0 Å². The van der Waals surface area contributed by atoms with Crippen LogP contribution in [0.3, 0.4) is 0 Å². The normalized spacial score (nSPS) is 11.5. The Morgan fingerprint density at radius 2 is 1.07 bits per heavy atom. The second-order valence-corrected chi connectivity index (χ2v) is 7.42. The van der Waals surface area contributed by atoms with Gasteiger partial charge in [0.1, 0.15) is 0 Å². The predicted molar refractivity (Wildman–Crippen MR) is 120 cm³/mol. The minimum atomic E-state index is 0.212. The molecule has 0 saturated heterocycles. The molecule has 0 atom stereocenters. The van der Waals surface area contributed by atoms with Gasteiger partial charge in [0.25, 0.3) is 0 Å². The Labute approximate surface area is 168 Å². The Morgan fingerprint density at radius 3 is 1.37 bits per heavy atom. The zero-order valence-electron chi connectivity index (χ0n) is 18.7. The van der Waals surface area contributed by atoms with Gasteiger partial charge in [-0.3, -0.25) is 9.59 Å². The van der Waals surface area contributed by atoms with Crippen LogP contribution in [0.1, 0.15) is 99.3 Å². The molecule has 0 saturated carbocycles. The van der Waals surface area contributed by atoms with E-state index in [4.69, 9.17) is 0 Å². The molecule has 0 aromatic heterocycles. The number of rotatable bonds is 13. The fraction of sp³-hybridized carbons (Fsp3) is 0.600. The van der Waals surface area contributed by atoms with E-state index in [0.29, 0.717) is 0 Å². The van der Waals surface area contributed by atoms with Gasteiger partial charge in [-0.15, -0.1) is 13.2 Å². The van der Waals surface area contributed by atoms with E-state index in [0.717, 1.165) is 68.9 Å². The summed E-state index contributed by atoms with van der Waals surface area (Å²) in [5.41, 5.74) is 4.33. The van der Waals surface area contributed by atoms with Crippen molar-refractivity contribution in [1.82, 2.24) is 0 Å². The smallest absolute Gasteiger partial charge is 0.155 e. The van der Waals surface area contributed by atoms with Gasteiger partial charge in [0.05, 0.1) is 0 Å². The van der Waals surface area contributed by atoms with Crippen molar-refractivity contribution in [3.63, 3.8) is 0 Å². The number of allylic oxidation sites excluding steroid dienone is 6. The van der Waals surface area contributed by atoms with E-state index in [1.165, 1.54) is 11.1 Å². The summed E-state index contributed by atoms with van der Waals surface area (Å²) in [4.78, 5) is 22.4. The Balaban J connectivity index is 0. The Morgan fingerprint density at radius 1 is 0.667 bits per heavy atom. The first-order valence-electron chi connectivity index (χ1n) is 10.3. The molecule has 0 bridgehead atoms. The van der Waals surface area contributed by atoms with Crippen LogP contribution in [0.15, 0.2) is 47.6 Å². The monoisotopic (exact) mass is 374 g/mol. The second-order valence-electron chi connectivity index (χ2n) is 7.42. The average molecular weight is 375 g/mol. The molecule has 0 spiro atoms. The highest BCUT2D eigenvalue weighted by atomic mass is 16.1. The molecule has 0 aliphatic heterocycles. The maximum atomic E-state index is 11.2. The molecule has 0 N–H and O–H groups in total. The predicted octanol–water partition coefficient (Wildman–Crippen LogP) is 7.71. The molecule has 0 amide bonds. The first kappa shape index (κ1) is 27.5. The van der Waals surface area contributed by atoms with Gasteiger partial charge in [0.2, 0.25) is 0 Å². The quantitative estimate of drug-likeness (QED) is 0.244. The SMILES string of the molecule is C=C(C)CC/C=C(\CCC)C(C)=O.C=C(C)CC/C=C(\CCCC)C(C)=O. The van der Waals surface area contributed by atoms with Gasteiger partial charge in [-0.25, -0.2) is 0 Å². The molecule has 0 aliphatic carbocycles. The fourth-order valence-corrected chi connectivity index (χ4v) is 2.47. The summed E-state index contributed by atoms with van der Waals surface area (Å²) in [6, 6.07) is 0. The van der Waals surface area contributed by atoms with Crippen LogP contribution in [0.5, 0.6) is 0 Å². The van der Waals surface area contributed by atoms with E-state index in [2.05, 4.69) is 39.2 Å². The number of hydrogen-bond donors (Lipinski definition) is 0. The van der Waals surface area contributed by atoms with E-state index < -0.39 is 0 Å². The zero-order valence-corrected chi connectivity index (χ0v) is 18.7. The number of unbranched alkanes of at least 4 members (excludes halogenated alkanes) is 1. The van der Waals surface area contributed by atoms with Crippen LogP contribution in [-0.2, 0) is 9.59 Å². The molecule has 0 unspecified atom stereocenters. The van der Waals surface area contributed by atoms with Crippen molar-refractivity contribution >= 4 is 11.6 Å². The molecule has 2 heteroatoms. The van der Waals surface area contributed by atoms with Gasteiger partial charge in [0.15, 0.2) is 11.6 Å². The summed E-state index contributed by atoms with van der Waals surface area (Å²) in [5, 5.41) is 0. The third kappa shape index (κ3) is 18.9. The molecule has 154 valence electrons. The number of carbonyl (C=O) groups excluding carboxylic acids is 2. The molecule has 2 nitrogen and oxygen atoms in total. The fourth-order valence-electron chi connectivity index (χ4n) is 2.47. The summed E-state index contributed by atoms with van der Waals surface area (Å²) < 4.78 is 0. The standard InChI is InChI=1S/C13H22O.C12H20O/c1-5-6-9-13(12(4)14)10-7-8-11(2)3;1-5-7-12(11(4)13)9-6-8-10(2)3/h10H,2,5-9H2,1,3-4H3;9H,2,5-8H2,1,3-4H3/b13-10+;12-9+. The van der Waals surface area contributed by atoms with E-state index in [9.17, 15) is 9.59 Å². The Bertz CT molecular complexity index is 533. The van der Waals surface area contributed by atoms with Crippen molar-refractivity contribution < 1.29 is 9.59 Å². The molecule has 0 aromatic carbocycles. The Hall–Kier alpha value is -1.70. The molecule has 0 radical (unpaired) electrons. The summed E-state index contributed by atoms with van der Waals surface area (Å²) in [6.45, 7) is 19.2. The molecular formula is C25H42O2. The lowest BCUT2D eigenvalue weighted by Gasteiger charge is -2.02. The van der Waals surface area contributed by atoms with E-state index >= 15 is 0 Å². The molecular weight excluding hydrogens is 332 g/mol. The summed E-state index contributed by atoms with van der Waals surface area (Å²) in [5.74, 6) is 0.434. The Kier molecular flexibility index (Phi) is 18.0. The third-order valence-corrected chi connectivity index (χ3v) is 4.15. The number of hydrogen-bond acceptors (Lipinski definition) is 2. The molecule has 0 heterocycles. The topological polar surface area (TPSA) is 34.1 Å². The maximum Gasteiger partial charge on any atom is 0.155 e. The van der Waals surface area contributed by atoms with Crippen LogP contribution >= 0.6 is 0 Å². The van der Waals surface area contributed by atoms with E-state index in [1.807, 2.05) is 13.8 Å². The van der Waals surface area contributed by atoms with Crippen LogP contribution in [-0.4, -0.2) is 11.6 Å². The molecule has 27 heavy (non-hydrogen) atoms. The van der Waals surface area contributed by atoms with Crippen LogP contribution < -0.4 is 0 Å². The number of carbonyl (C=O) groups is 2. The minimum absolute atomic E-state index is 0.212. The van der Waals surface area contributed by atoms with Crippen LogP contribution in [0.2, 0.25) is 0 Å². The van der Waals surface area contributed by atoms with Crippen molar-refractivity contribution in [2.45, 2.75) is 99.3 Å². The minimum Gasteiger partial charge on any atom is -0.295 e.